The van der Waals surface area contributed by atoms with Crippen molar-refractivity contribution in [3.8, 4) is 0 Å². The van der Waals surface area contributed by atoms with E-state index in [1.807, 2.05) is 26.0 Å². The Labute approximate surface area is 148 Å². The van der Waals surface area contributed by atoms with Gasteiger partial charge in [0.15, 0.2) is 0 Å². The molecule has 134 valence electrons. The smallest absolute Gasteiger partial charge is 0.261 e. The van der Waals surface area contributed by atoms with Crippen molar-refractivity contribution < 1.29 is 17.9 Å². The van der Waals surface area contributed by atoms with E-state index in [2.05, 4.69) is 10.0 Å². The Bertz CT molecular complexity index is 846. The van der Waals surface area contributed by atoms with Crippen LogP contribution >= 0.6 is 0 Å². The van der Waals surface area contributed by atoms with E-state index < -0.39 is 10.0 Å². The minimum atomic E-state index is -3.72. The number of nitrogens with one attached hydrogen (secondary N) is 2. The van der Waals surface area contributed by atoms with E-state index in [9.17, 15) is 13.2 Å². The molecule has 25 heavy (non-hydrogen) atoms. The van der Waals surface area contributed by atoms with E-state index >= 15 is 0 Å². The van der Waals surface area contributed by atoms with Crippen molar-refractivity contribution in [1.29, 1.82) is 0 Å². The van der Waals surface area contributed by atoms with Crippen molar-refractivity contribution >= 4 is 21.6 Å². The number of rotatable bonds is 7. The van der Waals surface area contributed by atoms with Gasteiger partial charge in [-0.2, -0.15) is 0 Å². The van der Waals surface area contributed by atoms with Crippen LogP contribution in [-0.2, 0) is 14.8 Å². The molecule has 0 aromatic heterocycles. The van der Waals surface area contributed by atoms with Gasteiger partial charge in [0.25, 0.3) is 15.9 Å². The lowest BCUT2D eigenvalue weighted by Gasteiger charge is -2.12. The predicted molar refractivity (Wildman–Crippen MR) is 97.4 cm³/mol. The average Bonchev–Trinajstić information content (AvgIpc) is 2.58. The number of carbonyl (C=O) groups excluding carboxylic acids is 1. The summed E-state index contributed by atoms with van der Waals surface area (Å²) in [5.74, 6) is -0.275. The second-order valence-electron chi connectivity index (χ2n) is 5.70. The molecule has 0 aliphatic carbocycles. The molecule has 0 spiro atoms. The molecule has 2 rings (SSSR count). The predicted octanol–water partition coefficient (Wildman–Crippen LogP) is 2.48. The number of benzene rings is 2. The van der Waals surface area contributed by atoms with E-state index in [4.69, 9.17) is 4.74 Å². The Hall–Kier alpha value is -2.38. The fourth-order valence-corrected chi connectivity index (χ4v) is 3.33. The van der Waals surface area contributed by atoms with E-state index in [0.29, 0.717) is 24.4 Å². The van der Waals surface area contributed by atoms with Crippen LogP contribution in [0.1, 0.15) is 21.5 Å². The number of carbonyl (C=O) groups is 1. The first-order valence-electron chi connectivity index (χ1n) is 7.81. The third-order valence-corrected chi connectivity index (χ3v) is 5.04. The van der Waals surface area contributed by atoms with Crippen LogP contribution in [0.4, 0.5) is 5.69 Å². The van der Waals surface area contributed by atoms with Gasteiger partial charge >= 0.3 is 0 Å². The number of hydrogen-bond donors (Lipinski definition) is 2. The van der Waals surface area contributed by atoms with Crippen LogP contribution in [0.25, 0.3) is 0 Å². The van der Waals surface area contributed by atoms with E-state index in [0.717, 1.165) is 11.1 Å². The molecule has 0 fully saturated rings. The first-order valence-corrected chi connectivity index (χ1v) is 9.29. The highest BCUT2D eigenvalue weighted by Crippen LogP contribution is 2.21. The van der Waals surface area contributed by atoms with Gasteiger partial charge in [0, 0.05) is 19.2 Å². The minimum Gasteiger partial charge on any atom is -0.383 e. The summed E-state index contributed by atoms with van der Waals surface area (Å²) in [6, 6.07) is 11.4. The van der Waals surface area contributed by atoms with Crippen molar-refractivity contribution in [2.24, 2.45) is 0 Å². The SMILES string of the molecule is COCCNC(=O)c1ccc(S(=O)(=O)Nc2cc(C)ccc2C)cc1. The Morgan fingerprint density at radius 1 is 1.08 bits per heavy atom. The first-order chi connectivity index (χ1) is 11.8. The van der Waals surface area contributed by atoms with Crippen molar-refractivity contribution in [2.45, 2.75) is 18.7 Å². The highest BCUT2D eigenvalue weighted by Gasteiger charge is 2.16. The summed E-state index contributed by atoms with van der Waals surface area (Å²) in [6.45, 7) is 4.54. The van der Waals surface area contributed by atoms with Crippen molar-refractivity contribution in [2.75, 3.05) is 25.0 Å². The molecular formula is C18H22N2O4S. The van der Waals surface area contributed by atoms with Crippen LogP contribution in [0.2, 0.25) is 0 Å². The monoisotopic (exact) mass is 362 g/mol. The Balaban J connectivity index is 2.14. The summed E-state index contributed by atoms with van der Waals surface area (Å²) in [7, 11) is -2.17. The van der Waals surface area contributed by atoms with Crippen LogP contribution in [0.3, 0.4) is 0 Å². The molecule has 0 bridgehead atoms. The van der Waals surface area contributed by atoms with Gasteiger partial charge in [-0.15, -0.1) is 0 Å². The zero-order valence-electron chi connectivity index (χ0n) is 14.5. The zero-order chi connectivity index (χ0) is 18.4. The molecule has 6 nitrogen and oxygen atoms in total. The molecule has 2 N–H and O–H groups in total. The molecule has 2 aromatic carbocycles. The second-order valence-corrected chi connectivity index (χ2v) is 7.38. The maximum absolute atomic E-state index is 12.5. The minimum absolute atomic E-state index is 0.0989. The van der Waals surface area contributed by atoms with Crippen LogP contribution < -0.4 is 10.0 Å². The Morgan fingerprint density at radius 3 is 2.40 bits per heavy atom. The molecule has 0 saturated carbocycles. The fourth-order valence-electron chi connectivity index (χ4n) is 2.20. The maximum Gasteiger partial charge on any atom is 0.261 e. The first kappa shape index (κ1) is 19.0. The topological polar surface area (TPSA) is 84.5 Å². The number of hydrogen-bond acceptors (Lipinski definition) is 4. The van der Waals surface area contributed by atoms with Crippen molar-refractivity contribution in [1.82, 2.24) is 5.32 Å². The standard InChI is InChI=1S/C18H22N2O4S/c1-13-4-5-14(2)17(12-13)20-25(22,23)16-8-6-15(7-9-16)18(21)19-10-11-24-3/h4-9,12,20H,10-11H2,1-3H3,(H,19,21). The Morgan fingerprint density at radius 2 is 1.76 bits per heavy atom. The molecule has 0 atom stereocenters. The number of anilines is 1. The average molecular weight is 362 g/mol. The van der Waals surface area contributed by atoms with Gasteiger partial charge in [-0.3, -0.25) is 9.52 Å². The molecule has 1 amide bonds. The third kappa shape index (κ3) is 5.04. The van der Waals surface area contributed by atoms with Gasteiger partial charge in [-0.25, -0.2) is 8.42 Å². The zero-order valence-corrected chi connectivity index (χ0v) is 15.3. The fraction of sp³-hybridized carbons (Fsp3) is 0.278. The summed E-state index contributed by atoms with van der Waals surface area (Å²) in [5, 5.41) is 2.68. The lowest BCUT2D eigenvalue weighted by molar-refractivity contribution is 0.0937. The molecule has 7 heteroatoms. The Kier molecular flexibility index (Phi) is 6.17. The molecule has 0 heterocycles. The van der Waals surface area contributed by atoms with Gasteiger partial charge < -0.3 is 10.1 Å². The molecule has 0 radical (unpaired) electrons. The van der Waals surface area contributed by atoms with Crippen LogP contribution in [0.15, 0.2) is 47.4 Å². The van der Waals surface area contributed by atoms with E-state index in [1.165, 1.54) is 24.3 Å². The lowest BCUT2D eigenvalue weighted by atomic mass is 10.1. The number of sulfonamides is 1. The van der Waals surface area contributed by atoms with E-state index in [1.54, 1.807) is 13.2 Å². The summed E-state index contributed by atoms with van der Waals surface area (Å²) in [6.07, 6.45) is 0. The highest BCUT2D eigenvalue weighted by atomic mass is 32.2. The number of methoxy groups -OCH3 is 1. The maximum atomic E-state index is 12.5. The van der Waals surface area contributed by atoms with Gasteiger partial charge in [0.1, 0.15) is 0 Å². The van der Waals surface area contributed by atoms with Gasteiger partial charge in [-0.05, 0) is 55.3 Å². The van der Waals surface area contributed by atoms with Crippen molar-refractivity contribution in [3.05, 3.63) is 59.2 Å². The second kappa shape index (κ2) is 8.13. The number of ether oxygens (including phenoxy) is 1. The molecule has 0 unspecified atom stereocenters. The molecule has 2 aromatic rings. The molecule has 0 aliphatic heterocycles. The quantitative estimate of drug-likeness (QED) is 0.741. The highest BCUT2D eigenvalue weighted by molar-refractivity contribution is 7.92. The number of aryl methyl sites for hydroxylation is 2. The van der Waals surface area contributed by atoms with Crippen LogP contribution in [0.5, 0.6) is 0 Å². The summed E-state index contributed by atoms with van der Waals surface area (Å²) in [5.41, 5.74) is 2.73. The van der Waals surface area contributed by atoms with E-state index in [-0.39, 0.29) is 10.8 Å². The molecule has 0 aliphatic rings. The van der Waals surface area contributed by atoms with Gasteiger partial charge in [-0.1, -0.05) is 12.1 Å². The lowest BCUT2D eigenvalue weighted by Crippen LogP contribution is -2.26. The molecule has 0 saturated heterocycles. The largest absolute Gasteiger partial charge is 0.383 e. The third-order valence-electron chi connectivity index (χ3n) is 3.66. The van der Waals surface area contributed by atoms with Crippen molar-refractivity contribution in [3.63, 3.8) is 0 Å². The molecular weight excluding hydrogens is 340 g/mol. The van der Waals surface area contributed by atoms with Gasteiger partial charge in [0.05, 0.1) is 17.2 Å². The van der Waals surface area contributed by atoms with Crippen LogP contribution in [-0.4, -0.2) is 34.6 Å². The normalized spacial score (nSPS) is 11.2. The summed E-state index contributed by atoms with van der Waals surface area (Å²) < 4.78 is 32.5. The number of amides is 1. The van der Waals surface area contributed by atoms with Gasteiger partial charge in [0.2, 0.25) is 0 Å². The summed E-state index contributed by atoms with van der Waals surface area (Å²) in [4.78, 5) is 12.0. The summed E-state index contributed by atoms with van der Waals surface area (Å²) >= 11 is 0. The van der Waals surface area contributed by atoms with Crippen LogP contribution in [0, 0.1) is 13.8 Å².